The van der Waals surface area contributed by atoms with Gasteiger partial charge in [-0.2, -0.15) is 0 Å². The van der Waals surface area contributed by atoms with Crippen molar-refractivity contribution >= 4 is 5.69 Å². The molecule has 1 heterocycles. The van der Waals surface area contributed by atoms with Gasteiger partial charge in [-0.25, -0.2) is 0 Å². The summed E-state index contributed by atoms with van der Waals surface area (Å²) in [6.07, 6.45) is 1.24. The third-order valence-electron chi connectivity index (χ3n) is 3.31. The summed E-state index contributed by atoms with van der Waals surface area (Å²) in [5.74, 6) is 0.686. The maximum absolute atomic E-state index is 5.71. The highest BCUT2D eigenvalue weighted by Gasteiger charge is 2.22. The van der Waals surface area contributed by atoms with Crippen LogP contribution < -0.4 is 10.6 Å². The van der Waals surface area contributed by atoms with E-state index in [-0.39, 0.29) is 0 Å². The molecule has 0 aromatic heterocycles. The zero-order chi connectivity index (χ0) is 10.8. The molecular weight excluding hydrogens is 184 g/mol. The van der Waals surface area contributed by atoms with E-state index >= 15 is 0 Å². The first-order valence-electron chi connectivity index (χ1n) is 5.73. The first-order valence-corrected chi connectivity index (χ1v) is 5.73. The molecule has 0 spiro atoms. The monoisotopic (exact) mass is 204 g/mol. The molecule has 1 saturated heterocycles. The van der Waals surface area contributed by atoms with Gasteiger partial charge in [0.2, 0.25) is 0 Å². The fourth-order valence-electron chi connectivity index (χ4n) is 2.40. The number of hydrogen-bond acceptors (Lipinski definition) is 2. The average molecular weight is 204 g/mol. The first kappa shape index (κ1) is 10.5. The van der Waals surface area contributed by atoms with Crippen LogP contribution in [0.15, 0.2) is 18.2 Å². The van der Waals surface area contributed by atoms with E-state index in [9.17, 15) is 0 Å². The molecule has 1 aliphatic rings. The molecule has 0 amide bonds. The van der Waals surface area contributed by atoms with E-state index in [1.54, 1.807) is 0 Å². The molecule has 0 radical (unpaired) electrons. The maximum Gasteiger partial charge on any atom is 0.0396 e. The molecule has 2 heteroatoms. The second-order valence-corrected chi connectivity index (χ2v) is 4.63. The van der Waals surface area contributed by atoms with Gasteiger partial charge in [-0.1, -0.05) is 17.7 Å². The molecule has 0 aliphatic carbocycles. The van der Waals surface area contributed by atoms with Crippen LogP contribution in [-0.2, 0) is 0 Å². The van der Waals surface area contributed by atoms with E-state index in [0.717, 1.165) is 19.6 Å². The summed E-state index contributed by atoms with van der Waals surface area (Å²) in [6, 6.07) is 6.69. The van der Waals surface area contributed by atoms with Crippen molar-refractivity contribution in [2.75, 3.05) is 24.5 Å². The third-order valence-corrected chi connectivity index (χ3v) is 3.31. The Labute approximate surface area is 92.1 Å². The summed E-state index contributed by atoms with van der Waals surface area (Å²) in [4.78, 5) is 2.46. The predicted octanol–water partition coefficient (Wildman–Crippen LogP) is 2.09. The molecule has 1 fully saturated rings. The Kier molecular flexibility index (Phi) is 2.96. The minimum Gasteiger partial charge on any atom is -0.371 e. The molecule has 2 rings (SSSR count). The first-order chi connectivity index (χ1) is 7.20. The largest absolute Gasteiger partial charge is 0.371 e. The Bertz CT molecular complexity index is 346. The summed E-state index contributed by atoms with van der Waals surface area (Å²) < 4.78 is 0. The van der Waals surface area contributed by atoms with Crippen molar-refractivity contribution in [2.24, 2.45) is 11.7 Å². The van der Waals surface area contributed by atoms with Crippen molar-refractivity contribution in [3.8, 4) is 0 Å². The van der Waals surface area contributed by atoms with E-state index in [2.05, 4.69) is 36.9 Å². The molecule has 1 atom stereocenters. The standard InChI is InChI=1S/C13H20N2/c1-10-3-4-13(11(2)7-10)15-6-5-12(8-14)9-15/h3-4,7,12H,5-6,8-9,14H2,1-2H3/t12-/m1/s1. The molecular formula is C13H20N2. The zero-order valence-corrected chi connectivity index (χ0v) is 9.66. The van der Waals surface area contributed by atoms with Gasteiger partial charge in [0, 0.05) is 18.8 Å². The van der Waals surface area contributed by atoms with Crippen LogP contribution in [0.4, 0.5) is 5.69 Å². The third kappa shape index (κ3) is 2.15. The van der Waals surface area contributed by atoms with Crippen molar-refractivity contribution in [2.45, 2.75) is 20.3 Å². The molecule has 2 N–H and O–H groups in total. The van der Waals surface area contributed by atoms with Gasteiger partial charge in [0.1, 0.15) is 0 Å². The zero-order valence-electron chi connectivity index (χ0n) is 9.66. The minimum atomic E-state index is 0.686. The normalized spacial score (nSPS) is 21.0. The second-order valence-electron chi connectivity index (χ2n) is 4.63. The predicted molar refractivity (Wildman–Crippen MR) is 65.3 cm³/mol. The Hall–Kier alpha value is -1.02. The lowest BCUT2D eigenvalue weighted by molar-refractivity contribution is 0.602. The van der Waals surface area contributed by atoms with Gasteiger partial charge >= 0.3 is 0 Å². The molecule has 0 saturated carbocycles. The topological polar surface area (TPSA) is 29.3 Å². The van der Waals surface area contributed by atoms with Crippen molar-refractivity contribution in [3.63, 3.8) is 0 Å². The van der Waals surface area contributed by atoms with Crippen LogP contribution >= 0.6 is 0 Å². The molecule has 15 heavy (non-hydrogen) atoms. The van der Waals surface area contributed by atoms with Crippen molar-refractivity contribution in [1.29, 1.82) is 0 Å². The highest BCUT2D eigenvalue weighted by Crippen LogP contribution is 2.26. The second kappa shape index (κ2) is 4.23. The van der Waals surface area contributed by atoms with Crippen LogP contribution in [0.1, 0.15) is 17.5 Å². The number of nitrogens with two attached hydrogens (primary N) is 1. The van der Waals surface area contributed by atoms with Gasteiger partial charge in [-0.3, -0.25) is 0 Å². The average Bonchev–Trinajstić information content (AvgIpc) is 2.66. The van der Waals surface area contributed by atoms with Crippen molar-refractivity contribution in [1.82, 2.24) is 0 Å². The Morgan fingerprint density at radius 1 is 1.40 bits per heavy atom. The maximum atomic E-state index is 5.71. The molecule has 0 unspecified atom stereocenters. The summed E-state index contributed by atoms with van der Waals surface area (Å²) in [7, 11) is 0. The summed E-state index contributed by atoms with van der Waals surface area (Å²) >= 11 is 0. The fourth-order valence-corrected chi connectivity index (χ4v) is 2.40. The lowest BCUT2D eigenvalue weighted by Crippen LogP contribution is -2.23. The van der Waals surface area contributed by atoms with E-state index in [1.807, 2.05) is 0 Å². The SMILES string of the molecule is Cc1ccc(N2CC[C@H](CN)C2)c(C)c1. The minimum absolute atomic E-state index is 0.686. The van der Waals surface area contributed by atoms with E-state index < -0.39 is 0 Å². The molecule has 82 valence electrons. The smallest absolute Gasteiger partial charge is 0.0396 e. The Balaban J connectivity index is 2.17. The van der Waals surface area contributed by atoms with Crippen LogP contribution in [0.3, 0.4) is 0 Å². The van der Waals surface area contributed by atoms with Crippen molar-refractivity contribution < 1.29 is 0 Å². The van der Waals surface area contributed by atoms with Gasteiger partial charge in [-0.15, -0.1) is 0 Å². The van der Waals surface area contributed by atoms with Crippen LogP contribution in [0.5, 0.6) is 0 Å². The molecule has 1 aliphatic heterocycles. The van der Waals surface area contributed by atoms with Crippen LogP contribution in [0.25, 0.3) is 0 Å². The number of anilines is 1. The number of hydrogen-bond donors (Lipinski definition) is 1. The quantitative estimate of drug-likeness (QED) is 0.799. The molecule has 1 aromatic rings. The van der Waals surface area contributed by atoms with Gasteiger partial charge in [-0.05, 0) is 44.4 Å². The van der Waals surface area contributed by atoms with Crippen LogP contribution in [0, 0.1) is 19.8 Å². The fraction of sp³-hybridized carbons (Fsp3) is 0.538. The van der Waals surface area contributed by atoms with E-state index in [1.165, 1.54) is 23.2 Å². The summed E-state index contributed by atoms with van der Waals surface area (Å²) in [5, 5.41) is 0. The van der Waals surface area contributed by atoms with E-state index in [4.69, 9.17) is 5.73 Å². The van der Waals surface area contributed by atoms with Gasteiger partial charge in [0.05, 0.1) is 0 Å². The Morgan fingerprint density at radius 3 is 2.80 bits per heavy atom. The highest BCUT2D eigenvalue weighted by molar-refractivity contribution is 5.55. The molecule has 1 aromatic carbocycles. The lowest BCUT2D eigenvalue weighted by Gasteiger charge is -2.21. The number of rotatable bonds is 2. The summed E-state index contributed by atoms with van der Waals surface area (Å²) in [6.45, 7) is 7.44. The van der Waals surface area contributed by atoms with Gasteiger partial charge in [0.15, 0.2) is 0 Å². The number of aryl methyl sites for hydroxylation is 2. The molecule has 0 bridgehead atoms. The summed E-state index contributed by atoms with van der Waals surface area (Å²) in [5.41, 5.74) is 9.82. The van der Waals surface area contributed by atoms with E-state index in [0.29, 0.717) is 5.92 Å². The van der Waals surface area contributed by atoms with Gasteiger partial charge in [0.25, 0.3) is 0 Å². The Morgan fingerprint density at radius 2 is 2.20 bits per heavy atom. The lowest BCUT2D eigenvalue weighted by atomic mass is 10.1. The molecule has 2 nitrogen and oxygen atoms in total. The van der Waals surface area contributed by atoms with Crippen LogP contribution in [0.2, 0.25) is 0 Å². The van der Waals surface area contributed by atoms with Gasteiger partial charge < -0.3 is 10.6 Å². The van der Waals surface area contributed by atoms with Crippen molar-refractivity contribution in [3.05, 3.63) is 29.3 Å². The van der Waals surface area contributed by atoms with Crippen LogP contribution in [-0.4, -0.2) is 19.6 Å². The number of benzene rings is 1. The highest BCUT2D eigenvalue weighted by atomic mass is 15.2. The number of nitrogens with zero attached hydrogens (tertiary/aromatic N) is 1.